The summed E-state index contributed by atoms with van der Waals surface area (Å²) in [6.45, 7) is 4.11. The molecule has 1 aliphatic rings. The topological polar surface area (TPSA) is 41.6 Å². The van der Waals surface area contributed by atoms with E-state index in [4.69, 9.17) is 4.74 Å². The van der Waals surface area contributed by atoms with Crippen molar-refractivity contribution in [3.63, 3.8) is 0 Å². The summed E-state index contributed by atoms with van der Waals surface area (Å²) in [6.07, 6.45) is 2.30. The van der Waals surface area contributed by atoms with Crippen molar-refractivity contribution >= 4 is 5.97 Å². The van der Waals surface area contributed by atoms with Gasteiger partial charge in [-0.2, -0.15) is 0 Å². The van der Waals surface area contributed by atoms with Crippen molar-refractivity contribution in [1.82, 2.24) is 10.2 Å². The molecule has 0 aliphatic heterocycles. The lowest BCUT2D eigenvalue weighted by Crippen LogP contribution is -2.42. The van der Waals surface area contributed by atoms with Crippen LogP contribution >= 0.6 is 0 Å². The molecule has 0 spiro atoms. The van der Waals surface area contributed by atoms with Crippen LogP contribution in [0, 0.1) is 5.92 Å². The maximum Gasteiger partial charge on any atom is 0.323 e. The van der Waals surface area contributed by atoms with Crippen LogP contribution in [0.2, 0.25) is 0 Å². The minimum absolute atomic E-state index is 0.0788. The van der Waals surface area contributed by atoms with Gasteiger partial charge in [0.15, 0.2) is 0 Å². The van der Waals surface area contributed by atoms with Crippen LogP contribution in [0.4, 0.5) is 0 Å². The first kappa shape index (κ1) is 12.5. The minimum Gasteiger partial charge on any atom is -0.465 e. The summed E-state index contributed by atoms with van der Waals surface area (Å²) in [5.41, 5.74) is 0. The number of likely N-dealkylation sites (N-methyl/N-ethyl adjacent to an activating group) is 1. The monoisotopic (exact) mass is 214 g/mol. The highest BCUT2D eigenvalue weighted by atomic mass is 16.5. The van der Waals surface area contributed by atoms with Crippen molar-refractivity contribution in [2.24, 2.45) is 5.92 Å². The number of nitrogens with one attached hydrogen (secondary N) is 1. The van der Waals surface area contributed by atoms with Crippen LogP contribution in [-0.4, -0.2) is 50.7 Å². The lowest BCUT2D eigenvalue weighted by Gasteiger charge is -2.18. The lowest BCUT2D eigenvalue weighted by molar-refractivity contribution is -0.146. The second-order valence-corrected chi connectivity index (χ2v) is 4.32. The molecule has 1 saturated carbocycles. The van der Waals surface area contributed by atoms with Crippen molar-refractivity contribution in [3.8, 4) is 0 Å². The molecule has 1 atom stereocenters. The number of hydrogen-bond donors (Lipinski definition) is 1. The Labute approximate surface area is 92.0 Å². The highest BCUT2D eigenvalue weighted by Gasteiger charge is 2.36. The molecule has 0 heterocycles. The van der Waals surface area contributed by atoms with E-state index in [1.54, 1.807) is 0 Å². The third-order valence-corrected chi connectivity index (χ3v) is 2.56. The molecule has 1 rings (SSSR count). The fourth-order valence-corrected chi connectivity index (χ4v) is 1.55. The summed E-state index contributed by atoms with van der Waals surface area (Å²) in [6, 6.07) is -0.0788. The lowest BCUT2D eigenvalue weighted by atomic mass is 10.2. The zero-order valence-corrected chi connectivity index (χ0v) is 9.95. The molecule has 0 amide bonds. The molecule has 0 aromatic carbocycles. The Morgan fingerprint density at radius 1 is 1.53 bits per heavy atom. The zero-order chi connectivity index (χ0) is 11.3. The molecule has 1 N–H and O–H groups in total. The van der Waals surface area contributed by atoms with Crippen LogP contribution in [0.15, 0.2) is 0 Å². The SMILES string of the molecule is CCOC(=O)C(NCCN(C)C)C1CC1. The molecule has 1 aliphatic carbocycles. The molecule has 0 radical (unpaired) electrons. The molecular formula is C11H22N2O2. The zero-order valence-electron chi connectivity index (χ0n) is 9.95. The molecule has 4 nitrogen and oxygen atoms in total. The molecular weight excluding hydrogens is 192 g/mol. The molecule has 15 heavy (non-hydrogen) atoms. The summed E-state index contributed by atoms with van der Waals surface area (Å²) in [7, 11) is 4.05. The van der Waals surface area contributed by atoms with Gasteiger partial charge in [0.25, 0.3) is 0 Å². The smallest absolute Gasteiger partial charge is 0.323 e. The number of esters is 1. The third-order valence-electron chi connectivity index (χ3n) is 2.56. The van der Waals surface area contributed by atoms with E-state index in [0.717, 1.165) is 25.9 Å². The summed E-state index contributed by atoms with van der Waals surface area (Å²) in [4.78, 5) is 13.7. The Morgan fingerprint density at radius 3 is 2.67 bits per heavy atom. The second-order valence-electron chi connectivity index (χ2n) is 4.32. The fraction of sp³-hybridized carbons (Fsp3) is 0.909. The van der Waals surface area contributed by atoms with Crippen molar-refractivity contribution in [2.75, 3.05) is 33.8 Å². The number of ether oxygens (including phenoxy) is 1. The van der Waals surface area contributed by atoms with Gasteiger partial charge in [0.05, 0.1) is 6.61 Å². The molecule has 0 bridgehead atoms. The predicted octanol–water partition coefficient (Wildman–Crippen LogP) is 0.479. The van der Waals surface area contributed by atoms with E-state index in [9.17, 15) is 4.79 Å². The van der Waals surface area contributed by atoms with E-state index in [0.29, 0.717) is 12.5 Å². The molecule has 88 valence electrons. The maximum absolute atomic E-state index is 11.6. The van der Waals surface area contributed by atoms with E-state index in [-0.39, 0.29) is 12.0 Å². The largest absolute Gasteiger partial charge is 0.465 e. The number of rotatable bonds is 7. The van der Waals surface area contributed by atoms with Crippen molar-refractivity contribution in [1.29, 1.82) is 0 Å². The van der Waals surface area contributed by atoms with Crippen LogP contribution in [0.5, 0.6) is 0 Å². The highest BCUT2D eigenvalue weighted by Crippen LogP contribution is 2.33. The fourth-order valence-electron chi connectivity index (χ4n) is 1.55. The van der Waals surface area contributed by atoms with Crippen molar-refractivity contribution < 1.29 is 9.53 Å². The molecule has 1 unspecified atom stereocenters. The Bertz CT molecular complexity index is 203. The first-order valence-corrected chi connectivity index (χ1v) is 5.70. The van der Waals surface area contributed by atoms with Crippen LogP contribution in [-0.2, 0) is 9.53 Å². The molecule has 0 aromatic heterocycles. The van der Waals surface area contributed by atoms with Crippen molar-refractivity contribution in [3.05, 3.63) is 0 Å². The van der Waals surface area contributed by atoms with E-state index in [1.165, 1.54) is 0 Å². The summed E-state index contributed by atoms with van der Waals surface area (Å²) in [5, 5.41) is 3.28. The number of carbonyl (C=O) groups excluding carboxylic acids is 1. The third kappa shape index (κ3) is 4.62. The first-order valence-electron chi connectivity index (χ1n) is 5.70. The quantitative estimate of drug-likeness (QED) is 0.626. The van der Waals surface area contributed by atoms with Gasteiger partial charge in [-0.05, 0) is 39.8 Å². The minimum atomic E-state index is -0.0845. The molecule has 0 aromatic rings. The van der Waals surface area contributed by atoms with Gasteiger partial charge in [0, 0.05) is 13.1 Å². The van der Waals surface area contributed by atoms with E-state index in [2.05, 4.69) is 10.2 Å². The Balaban J connectivity index is 2.27. The van der Waals surface area contributed by atoms with Gasteiger partial charge in [-0.3, -0.25) is 4.79 Å². The van der Waals surface area contributed by atoms with Crippen molar-refractivity contribution in [2.45, 2.75) is 25.8 Å². The molecule has 4 heteroatoms. The van der Waals surface area contributed by atoms with Crippen LogP contribution in [0.1, 0.15) is 19.8 Å². The maximum atomic E-state index is 11.6. The summed E-state index contributed by atoms with van der Waals surface area (Å²) < 4.78 is 5.05. The van der Waals surface area contributed by atoms with E-state index < -0.39 is 0 Å². The van der Waals surface area contributed by atoms with E-state index >= 15 is 0 Å². The average molecular weight is 214 g/mol. The highest BCUT2D eigenvalue weighted by molar-refractivity contribution is 5.76. The molecule has 0 saturated heterocycles. The van der Waals surface area contributed by atoms with Gasteiger partial charge in [-0.1, -0.05) is 0 Å². The summed E-state index contributed by atoms with van der Waals surface area (Å²) >= 11 is 0. The van der Waals surface area contributed by atoms with Gasteiger partial charge < -0.3 is 15.0 Å². The number of hydrogen-bond acceptors (Lipinski definition) is 4. The van der Waals surface area contributed by atoms with Crippen LogP contribution in [0.3, 0.4) is 0 Å². The Morgan fingerprint density at radius 2 is 2.20 bits per heavy atom. The summed E-state index contributed by atoms with van der Waals surface area (Å²) in [5.74, 6) is 0.421. The average Bonchev–Trinajstić information content (AvgIpc) is 2.95. The molecule has 1 fully saturated rings. The number of carbonyl (C=O) groups is 1. The van der Waals surface area contributed by atoms with Crippen LogP contribution < -0.4 is 5.32 Å². The predicted molar refractivity (Wildman–Crippen MR) is 59.7 cm³/mol. The van der Waals surface area contributed by atoms with Gasteiger partial charge in [-0.15, -0.1) is 0 Å². The Kier molecular flexibility index (Phi) is 5.05. The van der Waals surface area contributed by atoms with Gasteiger partial charge in [0.2, 0.25) is 0 Å². The van der Waals surface area contributed by atoms with Gasteiger partial charge >= 0.3 is 5.97 Å². The van der Waals surface area contributed by atoms with Crippen LogP contribution in [0.25, 0.3) is 0 Å². The normalized spacial score (nSPS) is 17.9. The number of nitrogens with zero attached hydrogens (tertiary/aromatic N) is 1. The Hall–Kier alpha value is -0.610. The van der Waals surface area contributed by atoms with Gasteiger partial charge in [-0.25, -0.2) is 0 Å². The second kappa shape index (κ2) is 6.08. The van der Waals surface area contributed by atoms with E-state index in [1.807, 2.05) is 21.0 Å². The standard InChI is InChI=1S/C11H22N2O2/c1-4-15-11(14)10(9-5-6-9)12-7-8-13(2)3/h9-10,12H,4-8H2,1-3H3. The first-order chi connectivity index (χ1) is 7.15. The van der Waals surface area contributed by atoms with Gasteiger partial charge in [0.1, 0.15) is 6.04 Å².